The molecule has 0 fully saturated rings. The van der Waals surface area contributed by atoms with Crippen LogP contribution < -0.4 is 5.32 Å². The molecule has 0 saturated carbocycles. The van der Waals surface area contributed by atoms with Crippen LogP contribution in [0, 0.1) is 0 Å². The summed E-state index contributed by atoms with van der Waals surface area (Å²) in [5, 5.41) is 17.7. The Labute approximate surface area is 110 Å². The van der Waals surface area contributed by atoms with Crippen molar-refractivity contribution in [3.05, 3.63) is 18.0 Å². The number of nitrogens with one attached hydrogen (secondary N) is 1. The molecule has 0 amide bonds. The number of hydrogen-bond acceptors (Lipinski definition) is 3. The standard InChI is InChI=1S/C14H27N3O/c1-6-7-14(5,18)11-15-8-12-9-16-17(10-12)13(2,3)4/h9-10,15,18H,6-8,11H2,1-5H3. The van der Waals surface area contributed by atoms with Gasteiger partial charge in [0.1, 0.15) is 0 Å². The van der Waals surface area contributed by atoms with Crippen LogP contribution >= 0.6 is 0 Å². The minimum atomic E-state index is -0.616. The number of hydrogen-bond donors (Lipinski definition) is 2. The molecule has 1 aromatic heterocycles. The van der Waals surface area contributed by atoms with Crippen LogP contribution in [0.5, 0.6) is 0 Å². The van der Waals surface area contributed by atoms with Gasteiger partial charge >= 0.3 is 0 Å². The fourth-order valence-corrected chi connectivity index (χ4v) is 1.92. The molecule has 18 heavy (non-hydrogen) atoms. The zero-order chi connectivity index (χ0) is 13.8. The van der Waals surface area contributed by atoms with Crippen LogP contribution in [0.1, 0.15) is 53.0 Å². The van der Waals surface area contributed by atoms with Gasteiger partial charge in [0.15, 0.2) is 0 Å². The molecule has 0 aromatic carbocycles. The molecule has 1 heterocycles. The van der Waals surface area contributed by atoms with Crippen LogP contribution in [0.15, 0.2) is 12.4 Å². The van der Waals surface area contributed by atoms with Crippen molar-refractivity contribution in [3.63, 3.8) is 0 Å². The molecule has 0 bridgehead atoms. The Bertz CT molecular complexity index is 363. The van der Waals surface area contributed by atoms with Crippen molar-refractivity contribution in [1.29, 1.82) is 0 Å². The lowest BCUT2D eigenvalue weighted by atomic mass is 10.0. The van der Waals surface area contributed by atoms with E-state index in [0.717, 1.165) is 24.9 Å². The van der Waals surface area contributed by atoms with E-state index < -0.39 is 5.60 Å². The second-order valence-corrected chi connectivity index (χ2v) is 6.31. The first-order chi connectivity index (χ1) is 8.24. The lowest BCUT2D eigenvalue weighted by molar-refractivity contribution is 0.0498. The van der Waals surface area contributed by atoms with Crippen LogP contribution in [0.2, 0.25) is 0 Å². The Morgan fingerprint density at radius 3 is 2.50 bits per heavy atom. The van der Waals surface area contributed by atoms with Crippen LogP contribution in [0.25, 0.3) is 0 Å². The van der Waals surface area contributed by atoms with Gasteiger partial charge in [-0.2, -0.15) is 5.10 Å². The van der Waals surface area contributed by atoms with Gasteiger partial charge in [0, 0.05) is 24.8 Å². The number of aromatic nitrogens is 2. The highest BCUT2D eigenvalue weighted by Gasteiger charge is 2.18. The van der Waals surface area contributed by atoms with Crippen molar-refractivity contribution in [1.82, 2.24) is 15.1 Å². The van der Waals surface area contributed by atoms with E-state index in [1.165, 1.54) is 0 Å². The molecular weight excluding hydrogens is 226 g/mol. The fraction of sp³-hybridized carbons (Fsp3) is 0.786. The van der Waals surface area contributed by atoms with E-state index in [9.17, 15) is 5.11 Å². The predicted octanol–water partition coefficient (Wildman–Crippen LogP) is 2.28. The van der Waals surface area contributed by atoms with E-state index in [4.69, 9.17) is 0 Å². The third-order valence-corrected chi connectivity index (χ3v) is 2.95. The SMILES string of the molecule is CCCC(C)(O)CNCc1cnn(C(C)(C)C)c1. The highest BCUT2D eigenvalue weighted by atomic mass is 16.3. The van der Waals surface area contributed by atoms with E-state index in [1.807, 2.05) is 17.8 Å². The molecule has 1 unspecified atom stereocenters. The van der Waals surface area contributed by atoms with Gasteiger partial charge < -0.3 is 10.4 Å². The van der Waals surface area contributed by atoms with Gasteiger partial charge in [-0.1, -0.05) is 13.3 Å². The van der Waals surface area contributed by atoms with E-state index >= 15 is 0 Å². The van der Waals surface area contributed by atoms with Crippen molar-refractivity contribution < 1.29 is 5.11 Å². The summed E-state index contributed by atoms with van der Waals surface area (Å²) >= 11 is 0. The summed E-state index contributed by atoms with van der Waals surface area (Å²) in [5.41, 5.74) is 0.554. The first kappa shape index (κ1) is 15.2. The summed E-state index contributed by atoms with van der Waals surface area (Å²) in [6.45, 7) is 11.7. The van der Waals surface area contributed by atoms with Crippen molar-refractivity contribution in [2.24, 2.45) is 0 Å². The Morgan fingerprint density at radius 1 is 1.33 bits per heavy atom. The molecule has 104 valence electrons. The molecular formula is C14H27N3O. The molecule has 0 spiro atoms. The average Bonchev–Trinajstić information content (AvgIpc) is 2.65. The van der Waals surface area contributed by atoms with Crippen molar-refractivity contribution in [2.45, 2.75) is 65.1 Å². The van der Waals surface area contributed by atoms with Crippen LogP contribution in [-0.4, -0.2) is 27.0 Å². The van der Waals surface area contributed by atoms with E-state index in [1.54, 1.807) is 0 Å². The molecule has 4 heteroatoms. The predicted molar refractivity (Wildman–Crippen MR) is 74.5 cm³/mol. The minimum Gasteiger partial charge on any atom is -0.389 e. The molecule has 2 N–H and O–H groups in total. The summed E-state index contributed by atoms with van der Waals surface area (Å²) in [6.07, 6.45) is 5.76. The van der Waals surface area contributed by atoms with Crippen LogP contribution in [0.3, 0.4) is 0 Å². The van der Waals surface area contributed by atoms with Crippen LogP contribution in [-0.2, 0) is 12.1 Å². The number of nitrogens with zero attached hydrogens (tertiary/aromatic N) is 2. The highest BCUT2D eigenvalue weighted by Crippen LogP contribution is 2.14. The highest BCUT2D eigenvalue weighted by molar-refractivity contribution is 5.05. The summed E-state index contributed by atoms with van der Waals surface area (Å²) in [4.78, 5) is 0. The Balaban J connectivity index is 2.43. The van der Waals surface area contributed by atoms with Gasteiger partial charge in [-0.05, 0) is 34.1 Å². The van der Waals surface area contributed by atoms with Crippen molar-refractivity contribution >= 4 is 0 Å². The van der Waals surface area contributed by atoms with Crippen LogP contribution in [0.4, 0.5) is 0 Å². The molecule has 0 aliphatic rings. The van der Waals surface area contributed by atoms with E-state index in [0.29, 0.717) is 6.54 Å². The summed E-state index contributed by atoms with van der Waals surface area (Å²) in [6, 6.07) is 0. The summed E-state index contributed by atoms with van der Waals surface area (Å²) in [5.74, 6) is 0. The maximum absolute atomic E-state index is 10.0. The zero-order valence-electron chi connectivity index (χ0n) is 12.3. The molecule has 1 rings (SSSR count). The van der Waals surface area contributed by atoms with Crippen molar-refractivity contribution in [2.75, 3.05) is 6.54 Å². The molecule has 0 aliphatic heterocycles. The maximum Gasteiger partial charge on any atom is 0.0743 e. The van der Waals surface area contributed by atoms with Gasteiger partial charge in [0.2, 0.25) is 0 Å². The third-order valence-electron chi connectivity index (χ3n) is 2.95. The summed E-state index contributed by atoms with van der Waals surface area (Å²) in [7, 11) is 0. The Kier molecular flexibility index (Phi) is 4.93. The molecule has 1 aromatic rings. The van der Waals surface area contributed by atoms with Gasteiger partial charge in [0.25, 0.3) is 0 Å². The Hall–Kier alpha value is -0.870. The number of rotatable bonds is 6. The second-order valence-electron chi connectivity index (χ2n) is 6.31. The quantitative estimate of drug-likeness (QED) is 0.817. The number of aliphatic hydroxyl groups is 1. The minimum absolute atomic E-state index is 0.0198. The Morgan fingerprint density at radius 2 is 2.00 bits per heavy atom. The van der Waals surface area contributed by atoms with E-state index in [-0.39, 0.29) is 5.54 Å². The third kappa shape index (κ3) is 4.78. The van der Waals surface area contributed by atoms with Gasteiger partial charge in [-0.3, -0.25) is 4.68 Å². The smallest absolute Gasteiger partial charge is 0.0743 e. The second kappa shape index (κ2) is 5.85. The largest absolute Gasteiger partial charge is 0.389 e. The molecule has 0 saturated heterocycles. The van der Waals surface area contributed by atoms with E-state index in [2.05, 4.69) is 44.3 Å². The fourth-order valence-electron chi connectivity index (χ4n) is 1.92. The summed E-state index contributed by atoms with van der Waals surface area (Å²) < 4.78 is 1.97. The zero-order valence-corrected chi connectivity index (χ0v) is 12.3. The lowest BCUT2D eigenvalue weighted by Gasteiger charge is -2.22. The van der Waals surface area contributed by atoms with Gasteiger partial charge in [0.05, 0.1) is 17.3 Å². The first-order valence-corrected chi connectivity index (χ1v) is 6.72. The molecule has 4 nitrogen and oxygen atoms in total. The van der Waals surface area contributed by atoms with Gasteiger partial charge in [-0.15, -0.1) is 0 Å². The molecule has 0 radical (unpaired) electrons. The van der Waals surface area contributed by atoms with Crippen molar-refractivity contribution in [3.8, 4) is 0 Å². The molecule has 0 aliphatic carbocycles. The van der Waals surface area contributed by atoms with Gasteiger partial charge in [-0.25, -0.2) is 0 Å². The normalized spacial score (nSPS) is 15.7. The monoisotopic (exact) mass is 253 g/mol. The molecule has 1 atom stereocenters. The lowest BCUT2D eigenvalue weighted by Crippen LogP contribution is -2.37. The average molecular weight is 253 g/mol. The topological polar surface area (TPSA) is 50.1 Å². The first-order valence-electron chi connectivity index (χ1n) is 6.72. The maximum atomic E-state index is 10.0.